The standard InChI is InChI=1S/C20H22FN5O2/c1-14-23-19-17(13-22-26(19)16-7-5-15(21)6-8-16)20(28)25(14)12-9-18(27)24-10-3-2-4-11-24/h5-8,13H,2-4,9-12H2,1H3. The summed E-state index contributed by atoms with van der Waals surface area (Å²) in [7, 11) is 0. The Kier molecular flexibility index (Phi) is 4.93. The van der Waals surface area contributed by atoms with Gasteiger partial charge >= 0.3 is 0 Å². The van der Waals surface area contributed by atoms with Gasteiger partial charge in [0.2, 0.25) is 5.91 Å². The molecule has 3 aromatic rings. The lowest BCUT2D eigenvalue weighted by Gasteiger charge is -2.26. The first-order valence-corrected chi connectivity index (χ1v) is 9.53. The molecule has 1 saturated heterocycles. The zero-order chi connectivity index (χ0) is 19.7. The zero-order valence-corrected chi connectivity index (χ0v) is 15.8. The van der Waals surface area contributed by atoms with E-state index in [2.05, 4.69) is 10.1 Å². The Hall–Kier alpha value is -3.03. The first kappa shape index (κ1) is 18.3. The van der Waals surface area contributed by atoms with E-state index >= 15 is 0 Å². The van der Waals surface area contributed by atoms with Crippen molar-refractivity contribution in [1.29, 1.82) is 0 Å². The molecular weight excluding hydrogens is 361 g/mol. The summed E-state index contributed by atoms with van der Waals surface area (Å²) in [5, 5.41) is 4.63. The van der Waals surface area contributed by atoms with E-state index in [4.69, 9.17) is 0 Å². The van der Waals surface area contributed by atoms with Gasteiger partial charge in [0.25, 0.3) is 5.56 Å². The largest absolute Gasteiger partial charge is 0.343 e. The van der Waals surface area contributed by atoms with Gasteiger partial charge in [-0.25, -0.2) is 14.1 Å². The minimum absolute atomic E-state index is 0.0769. The van der Waals surface area contributed by atoms with Gasteiger partial charge in [-0.05, 0) is 50.5 Å². The molecule has 0 radical (unpaired) electrons. The second-order valence-corrected chi connectivity index (χ2v) is 7.08. The maximum Gasteiger partial charge on any atom is 0.264 e. The highest BCUT2D eigenvalue weighted by Gasteiger charge is 2.18. The predicted molar refractivity (Wildman–Crippen MR) is 103 cm³/mol. The van der Waals surface area contributed by atoms with Gasteiger partial charge in [0.15, 0.2) is 5.65 Å². The van der Waals surface area contributed by atoms with Gasteiger partial charge in [0.05, 0.1) is 11.9 Å². The summed E-state index contributed by atoms with van der Waals surface area (Å²) in [4.78, 5) is 31.7. The molecule has 8 heteroatoms. The second-order valence-electron chi connectivity index (χ2n) is 7.08. The molecule has 1 amide bonds. The fraction of sp³-hybridized carbons (Fsp3) is 0.400. The van der Waals surface area contributed by atoms with Crippen molar-refractivity contribution < 1.29 is 9.18 Å². The van der Waals surface area contributed by atoms with Gasteiger partial charge in [-0.15, -0.1) is 0 Å². The van der Waals surface area contributed by atoms with Crippen molar-refractivity contribution in [2.24, 2.45) is 0 Å². The number of likely N-dealkylation sites (tertiary alicyclic amines) is 1. The topological polar surface area (TPSA) is 73.0 Å². The van der Waals surface area contributed by atoms with Crippen molar-refractivity contribution >= 4 is 16.9 Å². The van der Waals surface area contributed by atoms with Crippen LogP contribution in [0, 0.1) is 12.7 Å². The number of aryl methyl sites for hydroxylation is 1. The van der Waals surface area contributed by atoms with Crippen LogP contribution in [0.15, 0.2) is 35.3 Å². The average molecular weight is 383 g/mol. The molecular formula is C20H22FN5O2. The van der Waals surface area contributed by atoms with E-state index in [9.17, 15) is 14.0 Å². The summed E-state index contributed by atoms with van der Waals surface area (Å²) in [5.74, 6) is 0.256. The van der Waals surface area contributed by atoms with Crippen LogP contribution in [0.1, 0.15) is 31.5 Å². The first-order chi connectivity index (χ1) is 13.5. The van der Waals surface area contributed by atoms with Gasteiger partial charge in [-0.3, -0.25) is 14.2 Å². The Morgan fingerprint density at radius 2 is 1.86 bits per heavy atom. The third kappa shape index (κ3) is 3.42. The molecule has 0 N–H and O–H groups in total. The van der Waals surface area contributed by atoms with Gasteiger partial charge in [0, 0.05) is 26.1 Å². The van der Waals surface area contributed by atoms with Gasteiger partial charge in [-0.2, -0.15) is 5.10 Å². The molecule has 0 saturated carbocycles. The number of halogens is 1. The highest BCUT2D eigenvalue weighted by molar-refractivity contribution is 5.77. The quantitative estimate of drug-likeness (QED) is 0.694. The molecule has 1 aromatic carbocycles. The Labute approximate surface area is 161 Å². The molecule has 7 nitrogen and oxygen atoms in total. The molecule has 1 aliphatic heterocycles. The number of hydrogen-bond donors (Lipinski definition) is 0. The minimum atomic E-state index is -0.343. The van der Waals surface area contributed by atoms with Crippen molar-refractivity contribution in [3.8, 4) is 5.69 Å². The summed E-state index contributed by atoms with van der Waals surface area (Å²) in [6.07, 6.45) is 5.00. The summed E-state index contributed by atoms with van der Waals surface area (Å²) in [6.45, 7) is 3.64. The van der Waals surface area contributed by atoms with Crippen LogP contribution in [0.3, 0.4) is 0 Å². The van der Waals surface area contributed by atoms with Crippen LogP contribution in [0.25, 0.3) is 16.7 Å². The lowest BCUT2D eigenvalue weighted by atomic mass is 10.1. The number of carbonyl (C=O) groups is 1. The van der Waals surface area contributed by atoms with Crippen LogP contribution in [0.5, 0.6) is 0 Å². The number of aromatic nitrogens is 4. The van der Waals surface area contributed by atoms with Gasteiger partial charge in [-0.1, -0.05) is 0 Å². The van der Waals surface area contributed by atoms with Crippen LogP contribution in [-0.4, -0.2) is 43.2 Å². The number of rotatable bonds is 4. The van der Waals surface area contributed by atoms with Crippen molar-refractivity contribution in [2.45, 2.75) is 39.2 Å². The van der Waals surface area contributed by atoms with Crippen molar-refractivity contribution in [1.82, 2.24) is 24.2 Å². The van der Waals surface area contributed by atoms with Crippen molar-refractivity contribution in [3.63, 3.8) is 0 Å². The number of benzene rings is 1. The van der Waals surface area contributed by atoms with E-state index in [1.165, 1.54) is 34.0 Å². The van der Waals surface area contributed by atoms with Crippen LogP contribution >= 0.6 is 0 Å². The normalized spacial score (nSPS) is 14.6. The van der Waals surface area contributed by atoms with E-state index in [1.807, 2.05) is 4.90 Å². The Morgan fingerprint density at radius 1 is 1.14 bits per heavy atom. The number of amides is 1. The molecule has 1 aliphatic rings. The highest BCUT2D eigenvalue weighted by Crippen LogP contribution is 2.16. The predicted octanol–water partition coefficient (Wildman–Crippen LogP) is 2.43. The van der Waals surface area contributed by atoms with Crippen LogP contribution in [-0.2, 0) is 11.3 Å². The molecule has 0 aliphatic carbocycles. The van der Waals surface area contributed by atoms with Crippen LogP contribution in [0.4, 0.5) is 4.39 Å². The molecule has 146 valence electrons. The van der Waals surface area contributed by atoms with Gasteiger partial charge in [0.1, 0.15) is 17.0 Å². The highest BCUT2D eigenvalue weighted by atomic mass is 19.1. The smallest absolute Gasteiger partial charge is 0.264 e. The fourth-order valence-electron chi connectivity index (χ4n) is 3.65. The van der Waals surface area contributed by atoms with E-state index in [0.717, 1.165) is 25.9 Å². The molecule has 0 atom stereocenters. The molecule has 3 heterocycles. The van der Waals surface area contributed by atoms with Gasteiger partial charge < -0.3 is 4.90 Å². The minimum Gasteiger partial charge on any atom is -0.343 e. The summed E-state index contributed by atoms with van der Waals surface area (Å²) in [5.41, 5.74) is 0.829. The third-order valence-electron chi connectivity index (χ3n) is 5.21. The number of fused-ring (bicyclic) bond motifs is 1. The zero-order valence-electron chi connectivity index (χ0n) is 15.8. The summed E-state index contributed by atoms with van der Waals surface area (Å²) in [6, 6.07) is 5.84. The monoisotopic (exact) mass is 383 g/mol. The average Bonchev–Trinajstić information content (AvgIpc) is 3.13. The van der Waals surface area contributed by atoms with E-state index in [1.54, 1.807) is 19.1 Å². The maximum absolute atomic E-state index is 13.2. The van der Waals surface area contributed by atoms with Crippen molar-refractivity contribution in [3.05, 3.63) is 52.5 Å². The lowest BCUT2D eigenvalue weighted by Crippen LogP contribution is -2.36. The Morgan fingerprint density at radius 3 is 2.57 bits per heavy atom. The Balaban J connectivity index is 1.61. The number of carbonyl (C=O) groups excluding carboxylic acids is 1. The number of piperidine rings is 1. The molecule has 4 rings (SSSR count). The third-order valence-corrected chi connectivity index (χ3v) is 5.21. The van der Waals surface area contributed by atoms with Crippen LogP contribution < -0.4 is 5.56 Å². The maximum atomic E-state index is 13.2. The molecule has 1 fully saturated rings. The van der Waals surface area contributed by atoms with Crippen LogP contribution in [0.2, 0.25) is 0 Å². The molecule has 0 unspecified atom stereocenters. The van der Waals surface area contributed by atoms with E-state index in [0.29, 0.717) is 29.1 Å². The fourth-order valence-corrected chi connectivity index (χ4v) is 3.65. The first-order valence-electron chi connectivity index (χ1n) is 9.53. The molecule has 2 aromatic heterocycles. The summed E-state index contributed by atoms with van der Waals surface area (Å²) >= 11 is 0. The molecule has 28 heavy (non-hydrogen) atoms. The van der Waals surface area contributed by atoms with Crippen molar-refractivity contribution in [2.75, 3.05) is 13.1 Å². The number of nitrogens with zero attached hydrogens (tertiary/aromatic N) is 5. The second kappa shape index (κ2) is 7.53. The molecule has 0 bridgehead atoms. The lowest BCUT2D eigenvalue weighted by molar-refractivity contribution is -0.132. The SMILES string of the molecule is Cc1nc2c(cnn2-c2ccc(F)cc2)c(=O)n1CCC(=O)N1CCCCC1. The molecule has 0 spiro atoms. The van der Waals surface area contributed by atoms with E-state index < -0.39 is 0 Å². The van der Waals surface area contributed by atoms with E-state index in [-0.39, 0.29) is 23.7 Å². The number of hydrogen-bond acceptors (Lipinski definition) is 4. The Bertz CT molecular complexity index is 1060. The summed E-state index contributed by atoms with van der Waals surface area (Å²) < 4.78 is 16.2.